The summed E-state index contributed by atoms with van der Waals surface area (Å²) < 4.78 is 33.7. The number of carbonyl (C=O) groups excluding carboxylic acids is 2. The highest BCUT2D eigenvalue weighted by Gasteiger charge is 2.26. The van der Waals surface area contributed by atoms with Crippen LogP contribution in [-0.4, -0.2) is 68.3 Å². The summed E-state index contributed by atoms with van der Waals surface area (Å²) in [5.41, 5.74) is 0. The molecule has 0 aromatic rings. The summed E-state index contributed by atoms with van der Waals surface area (Å²) in [6, 6.07) is 0. The number of hydrogen-bond acceptors (Lipinski definition) is 8. The molecule has 2 atom stereocenters. The van der Waals surface area contributed by atoms with Gasteiger partial charge in [-0.15, -0.1) is 0 Å². The Morgan fingerprint density at radius 1 is 0.415 bits per heavy atom. The first-order chi connectivity index (χ1) is 31.7. The van der Waals surface area contributed by atoms with Crippen LogP contribution in [0.25, 0.3) is 0 Å². The molecule has 0 rings (SSSR count). The molecule has 1 N–H and O–H groups in total. The van der Waals surface area contributed by atoms with Crippen molar-refractivity contribution in [3.05, 3.63) is 0 Å². The van der Waals surface area contributed by atoms with E-state index in [0.717, 1.165) is 38.5 Å². The summed E-state index contributed by atoms with van der Waals surface area (Å²) in [7, 11) is -0.695. The number of ether oxygens (including phenoxy) is 2. The van der Waals surface area contributed by atoms with Gasteiger partial charge in [0.15, 0.2) is 6.10 Å². The second-order valence-corrected chi connectivity index (χ2v) is 21.3. The second kappa shape index (κ2) is 50.9. The van der Waals surface area contributed by atoms with Crippen LogP contribution in [-0.2, 0) is 32.7 Å². The highest BCUT2D eigenvalue weighted by atomic mass is 31.2. The number of esters is 2. The lowest BCUT2D eigenvalue weighted by Gasteiger charge is -2.20. The zero-order chi connectivity index (χ0) is 47.6. The largest absolute Gasteiger partial charge is 0.472 e. The van der Waals surface area contributed by atoms with E-state index in [-0.39, 0.29) is 25.6 Å². The minimum atomic E-state index is -4.36. The molecule has 0 saturated heterocycles. The Bertz CT molecular complexity index is 1040. The van der Waals surface area contributed by atoms with E-state index in [1.165, 1.54) is 231 Å². The van der Waals surface area contributed by atoms with Gasteiger partial charge in [0.25, 0.3) is 0 Å². The molecule has 0 aliphatic rings. The average molecular weight is 944 g/mol. The van der Waals surface area contributed by atoms with Crippen LogP contribution in [0.15, 0.2) is 0 Å². The molecule has 9 nitrogen and oxygen atoms in total. The van der Waals surface area contributed by atoms with Crippen molar-refractivity contribution in [1.29, 1.82) is 0 Å². The van der Waals surface area contributed by atoms with Crippen molar-refractivity contribution in [2.75, 3.05) is 40.5 Å². The molecule has 0 aromatic carbocycles. The molecule has 0 spiro atoms. The number of phosphoric ester groups is 1. The van der Waals surface area contributed by atoms with Gasteiger partial charge in [-0.1, -0.05) is 271 Å². The Balaban J connectivity index is 4.06. The molecular weight excluding hydrogens is 834 g/mol. The minimum Gasteiger partial charge on any atom is -0.462 e. The molecule has 0 aromatic heterocycles. The smallest absolute Gasteiger partial charge is 0.462 e. The van der Waals surface area contributed by atoms with Crippen molar-refractivity contribution in [3.63, 3.8) is 0 Å². The van der Waals surface area contributed by atoms with Gasteiger partial charge in [-0.2, -0.15) is 0 Å². The molecule has 0 bridgehead atoms. The third-order valence-corrected chi connectivity index (χ3v) is 13.9. The maximum Gasteiger partial charge on any atom is 0.472 e. The summed E-state index contributed by atoms with van der Waals surface area (Å²) in [6.45, 7) is 4.41. The van der Waals surface area contributed by atoms with Gasteiger partial charge in [-0.25, -0.2) is 4.57 Å². The van der Waals surface area contributed by atoms with Crippen LogP contribution in [0.4, 0.5) is 0 Å². The molecule has 65 heavy (non-hydrogen) atoms. The molecule has 10 heteroatoms. The standard InChI is InChI=1S/C55H110NO8P/c1-5-7-9-11-13-15-17-19-21-23-25-27-29-31-33-35-37-39-41-43-45-47-54(57)61-51-53(52-63-65(59,60)62-50-49-56(3)4)64-55(58)48-46-44-42-40-38-36-34-32-30-28-26-24-22-20-18-16-14-12-10-8-6-2/h53H,5-52H2,1-4H3,(H,59,60). The highest BCUT2D eigenvalue weighted by molar-refractivity contribution is 7.47. The molecule has 2 unspecified atom stereocenters. The van der Waals surface area contributed by atoms with Gasteiger partial charge in [0.1, 0.15) is 6.61 Å². The molecule has 0 saturated carbocycles. The van der Waals surface area contributed by atoms with Gasteiger partial charge in [-0.3, -0.25) is 18.6 Å². The molecule has 0 aliphatic heterocycles. The van der Waals surface area contributed by atoms with Gasteiger partial charge in [0.05, 0.1) is 13.2 Å². The summed E-state index contributed by atoms with van der Waals surface area (Å²) in [5.74, 6) is -0.777. The van der Waals surface area contributed by atoms with E-state index in [9.17, 15) is 19.0 Å². The van der Waals surface area contributed by atoms with E-state index >= 15 is 0 Å². The third-order valence-electron chi connectivity index (χ3n) is 12.9. The number of nitrogens with zero attached hydrogens (tertiary/aromatic N) is 1. The number of unbranched alkanes of at least 4 members (excludes halogenated alkanes) is 40. The zero-order valence-corrected chi connectivity index (χ0v) is 44.6. The van der Waals surface area contributed by atoms with Gasteiger partial charge in [-0.05, 0) is 26.9 Å². The fraction of sp³-hybridized carbons (Fsp3) is 0.964. The Morgan fingerprint density at radius 2 is 0.692 bits per heavy atom. The zero-order valence-electron chi connectivity index (χ0n) is 43.7. The van der Waals surface area contributed by atoms with Crippen molar-refractivity contribution >= 4 is 19.8 Å². The van der Waals surface area contributed by atoms with Crippen LogP contribution >= 0.6 is 7.82 Å². The predicted octanol–water partition coefficient (Wildman–Crippen LogP) is 17.3. The lowest BCUT2D eigenvalue weighted by molar-refractivity contribution is -0.161. The Kier molecular flexibility index (Phi) is 50.1. The van der Waals surface area contributed by atoms with Gasteiger partial charge in [0.2, 0.25) is 0 Å². The normalized spacial score (nSPS) is 13.1. The van der Waals surface area contributed by atoms with E-state index in [2.05, 4.69) is 13.8 Å². The first-order valence-electron chi connectivity index (χ1n) is 28.3. The van der Waals surface area contributed by atoms with E-state index in [1.807, 2.05) is 19.0 Å². The summed E-state index contributed by atoms with van der Waals surface area (Å²) in [4.78, 5) is 37.3. The van der Waals surface area contributed by atoms with Crippen LogP contribution in [0.1, 0.15) is 296 Å². The van der Waals surface area contributed by atoms with Crippen molar-refractivity contribution in [3.8, 4) is 0 Å². The quantitative estimate of drug-likeness (QED) is 0.0362. The average Bonchev–Trinajstić information content (AvgIpc) is 3.28. The molecule has 0 amide bonds. The van der Waals surface area contributed by atoms with Gasteiger partial charge >= 0.3 is 19.8 Å². The van der Waals surface area contributed by atoms with Crippen molar-refractivity contribution in [2.24, 2.45) is 0 Å². The number of rotatable bonds is 54. The summed E-state index contributed by atoms with van der Waals surface area (Å²) >= 11 is 0. The molecule has 0 heterocycles. The number of carbonyl (C=O) groups is 2. The van der Waals surface area contributed by atoms with Gasteiger partial charge in [0, 0.05) is 19.4 Å². The number of phosphoric acid groups is 1. The van der Waals surface area contributed by atoms with Crippen molar-refractivity contribution in [1.82, 2.24) is 4.90 Å². The summed E-state index contributed by atoms with van der Waals surface area (Å²) in [6.07, 6.45) is 54.5. The number of hydrogen-bond donors (Lipinski definition) is 1. The van der Waals surface area contributed by atoms with Crippen LogP contribution in [0.5, 0.6) is 0 Å². The summed E-state index contributed by atoms with van der Waals surface area (Å²) in [5, 5.41) is 0. The Labute approximate surface area is 403 Å². The maximum atomic E-state index is 12.8. The van der Waals surface area contributed by atoms with E-state index < -0.39 is 26.5 Å². The molecule has 0 radical (unpaired) electrons. The highest BCUT2D eigenvalue weighted by Crippen LogP contribution is 2.43. The Hall–Kier alpha value is -0.990. The first-order valence-corrected chi connectivity index (χ1v) is 29.8. The van der Waals surface area contributed by atoms with Crippen LogP contribution in [0.3, 0.4) is 0 Å². The first kappa shape index (κ1) is 64.0. The number of likely N-dealkylation sites (N-methyl/N-ethyl adjacent to an activating group) is 1. The fourth-order valence-electron chi connectivity index (χ4n) is 8.58. The second-order valence-electron chi connectivity index (χ2n) is 19.8. The lowest BCUT2D eigenvalue weighted by Crippen LogP contribution is -2.29. The van der Waals surface area contributed by atoms with Gasteiger partial charge < -0.3 is 19.3 Å². The maximum absolute atomic E-state index is 12.8. The molecule has 0 aliphatic carbocycles. The Morgan fingerprint density at radius 3 is 0.985 bits per heavy atom. The van der Waals surface area contributed by atoms with Crippen molar-refractivity contribution in [2.45, 2.75) is 302 Å². The van der Waals surface area contributed by atoms with Crippen LogP contribution < -0.4 is 0 Å². The predicted molar refractivity (Wildman–Crippen MR) is 276 cm³/mol. The fourth-order valence-corrected chi connectivity index (χ4v) is 9.32. The van der Waals surface area contributed by atoms with E-state index in [4.69, 9.17) is 18.5 Å². The van der Waals surface area contributed by atoms with E-state index in [1.54, 1.807) is 0 Å². The van der Waals surface area contributed by atoms with Crippen LogP contribution in [0, 0.1) is 0 Å². The van der Waals surface area contributed by atoms with E-state index in [0.29, 0.717) is 13.0 Å². The monoisotopic (exact) mass is 944 g/mol. The molecule has 388 valence electrons. The SMILES string of the molecule is CCCCCCCCCCCCCCCCCCCCCCCC(=O)OCC(COP(=O)(O)OCCN(C)C)OC(=O)CCCCCCCCCCCCCCCCCCCCCCC. The lowest BCUT2D eigenvalue weighted by atomic mass is 10.0. The minimum absolute atomic E-state index is 0.0131. The topological polar surface area (TPSA) is 112 Å². The van der Waals surface area contributed by atoms with Crippen molar-refractivity contribution < 1.29 is 37.6 Å². The van der Waals surface area contributed by atoms with Crippen LogP contribution in [0.2, 0.25) is 0 Å². The molecular formula is C55H110NO8P. The third kappa shape index (κ3) is 52.2. The molecule has 0 fully saturated rings.